The summed E-state index contributed by atoms with van der Waals surface area (Å²) in [5.74, 6) is 0. The van der Waals surface area contributed by atoms with Crippen molar-refractivity contribution in [3.63, 3.8) is 0 Å². The molecule has 0 aliphatic carbocycles. The molecule has 0 unspecified atom stereocenters. The van der Waals surface area contributed by atoms with Crippen LogP contribution in [0.2, 0.25) is 0 Å². The maximum absolute atomic E-state index is 3.56. The van der Waals surface area contributed by atoms with Crippen LogP contribution in [0.15, 0.2) is 12.2 Å². The Kier molecular flexibility index (Phi) is 5.89. The predicted octanol–water partition coefficient (Wildman–Crippen LogP) is 3.63. The average molecular weight is 128 g/mol. The van der Waals surface area contributed by atoms with Crippen LogP contribution in [0.3, 0.4) is 0 Å². The lowest BCUT2D eigenvalue weighted by atomic mass is 10.0. The number of rotatable bonds is 0. The van der Waals surface area contributed by atoms with E-state index in [2.05, 4.69) is 34.3 Å². The molecule has 0 spiro atoms. The van der Waals surface area contributed by atoms with Gasteiger partial charge in [-0.3, -0.25) is 0 Å². The normalized spacial score (nSPS) is 9.56. The highest BCUT2D eigenvalue weighted by Crippen LogP contribution is 2.07. The largest absolute Gasteiger partial charge is 0.100 e. The maximum atomic E-state index is 3.56. The van der Waals surface area contributed by atoms with Crippen molar-refractivity contribution in [2.24, 2.45) is 5.41 Å². The van der Waals surface area contributed by atoms with Crippen LogP contribution in [0.5, 0.6) is 0 Å². The molecule has 0 aliphatic heterocycles. The monoisotopic (exact) mass is 128 g/mol. The zero-order valence-corrected chi connectivity index (χ0v) is 7.71. The molecule has 0 heteroatoms. The van der Waals surface area contributed by atoms with Gasteiger partial charge >= 0.3 is 0 Å². The zero-order chi connectivity index (χ0) is 8.08. The van der Waals surface area contributed by atoms with Crippen LogP contribution in [-0.4, -0.2) is 0 Å². The van der Waals surface area contributed by atoms with E-state index >= 15 is 0 Å². The van der Waals surface area contributed by atoms with Gasteiger partial charge < -0.3 is 0 Å². The van der Waals surface area contributed by atoms with Gasteiger partial charge in [0.25, 0.3) is 0 Å². The maximum Gasteiger partial charge on any atom is -0.0411 e. The molecule has 0 heterocycles. The Morgan fingerprint density at radius 3 is 1.00 bits per heavy atom. The third-order valence-corrected chi connectivity index (χ3v) is 0. The molecule has 0 aromatic rings. The molecule has 0 N–H and O–H groups in total. The second-order valence-electron chi connectivity index (χ2n) is 4.21. The van der Waals surface area contributed by atoms with Crippen molar-refractivity contribution in [1.82, 2.24) is 0 Å². The third-order valence-electron chi connectivity index (χ3n) is 0. The molecule has 0 atom stereocenters. The Balaban J connectivity index is 0. The summed E-state index contributed by atoms with van der Waals surface area (Å²) in [7, 11) is 0. The lowest BCUT2D eigenvalue weighted by molar-refractivity contribution is 0.469. The van der Waals surface area contributed by atoms with Crippen molar-refractivity contribution in [2.75, 3.05) is 0 Å². The highest BCUT2D eigenvalue weighted by Gasteiger charge is 1.95. The van der Waals surface area contributed by atoms with E-state index in [0.717, 1.165) is 0 Å². The summed E-state index contributed by atoms with van der Waals surface area (Å²) in [6.07, 6.45) is 0. The molecular weight excluding hydrogens is 108 g/mol. The smallest absolute Gasteiger partial charge is 0.0411 e. The summed E-state index contributed by atoms with van der Waals surface area (Å²) in [5.41, 5.74) is 1.67. The van der Waals surface area contributed by atoms with Gasteiger partial charge in [-0.25, -0.2) is 0 Å². The molecule has 0 rings (SSSR count). The van der Waals surface area contributed by atoms with Gasteiger partial charge in [0, 0.05) is 0 Å². The van der Waals surface area contributed by atoms with Crippen LogP contribution < -0.4 is 0 Å². The molecule has 56 valence electrons. The molecular formula is C9H20. The van der Waals surface area contributed by atoms with Gasteiger partial charge in [0.15, 0.2) is 0 Å². The minimum absolute atomic E-state index is 0.500. The Labute approximate surface area is 60.0 Å². The lowest BCUT2D eigenvalue weighted by Crippen LogP contribution is -1.93. The fraction of sp³-hybridized carbons (Fsp3) is 0.778. The Hall–Kier alpha value is -0.260. The van der Waals surface area contributed by atoms with E-state index in [1.165, 1.54) is 5.57 Å². The van der Waals surface area contributed by atoms with E-state index < -0.39 is 0 Å². The van der Waals surface area contributed by atoms with Crippen LogP contribution in [-0.2, 0) is 0 Å². The quantitative estimate of drug-likeness (QED) is 0.437. The van der Waals surface area contributed by atoms with Crippen LogP contribution >= 0.6 is 0 Å². The first kappa shape index (κ1) is 11.5. The van der Waals surface area contributed by atoms with Crippen LogP contribution in [0.1, 0.15) is 41.5 Å². The summed E-state index contributed by atoms with van der Waals surface area (Å²) >= 11 is 0. The van der Waals surface area contributed by atoms with E-state index in [1.54, 1.807) is 0 Å². The van der Waals surface area contributed by atoms with Crippen molar-refractivity contribution >= 4 is 0 Å². The second kappa shape index (κ2) is 4.60. The zero-order valence-electron chi connectivity index (χ0n) is 7.71. The first-order valence-corrected chi connectivity index (χ1v) is 3.35. The fourth-order valence-corrected chi connectivity index (χ4v) is 0. The average Bonchev–Trinajstić information content (AvgIpc) is 1.19. The van der Waals surface area contributed by atoms with E-state index in [0.29, 0.717) is 5.41 Å². The first-order chi connectivity index (χ1) is 3.73. The van der Waals surface area contributed by atoms with Gasteiger partial charge in [-0.15, -0.1) is 6.58 Å². The molecule has 0 nitrogen and oxygen atoms in total. The van der Waals surface area contributed by atoms with Crippen molar-refractivity contribution in [3.8, 4) is 0 Å². The Morgan fingerprint density at radius 1 is 1.00 bits per heavy atom. The summed E-state index contributed by atoms with van der Waals surface area (Å²) in [6.45, 7) is 16.2. The van der Waals surface area contributed by atoms with Crippen molar-refractivity contribution in [3.05, 3.63) is 12.2 Å². The van der Waals surface area contributed by atoms with Gasteiger partial charge in [0.2, 0.25) is 0 Å². The Morgan fingerprint density at radius 2 is 1.00 bits per heavy atom. The lowest BCUT2D eigenvalue weighted by Gasteiger charge is -2.05. The molecule has 0 aliphatic rings. The molecule has 0 saturated heterocycles. The topological polar surface area (TPSA) is 0 Å². The van der Waals surface area contributed by atoms with E-state index in [-0.39, 0.29) is 0 Å². The summed E-state index contributed by atoms with van der Waals surface area (Å²) in [5, 5.41) is 0. The predicted molar refractivity (Wildman–Crippen MR) is 45.6 cm³/mol. The minimum Gasteiger partial charge on any atom is -0.100 e. The first-order valence-electron chi connectivity index (χ1n) is 3.35. The van der Waals surface area contributed by atoms with Gasteiger partial charge in [-0.1, -0.05) is 33.3 Å². The number of allylic oxidation sites excluding steroid dienone is 1. The minimum atomic E-state index is 0.500. The molecule has 0 amide bonds. The molecule has 0 aromatic carbocycles. The van der Waals surface area contributed by atoms with Gasteiger partial charge in [0.05, 0.1) is 0 Å². The van der Waals surface area contributed by atoms with E-state index in [1.807, 2.05) is 13.8 Å². The van der Waals surface area contributed by atoms with Crippen LogP contribution in [0, 0.1) is 5.41 Å². The Bertz CT molecular complexity index is 62.5. The van der Waals surface area contributed by atoms with Crippen LogP contribution in [0.25, 0.3) is 0 Å². The summed E-state index contributed by atoms with van der Waals surface area (Å²) < 4.78 is 0. The van der Waals surface area contributed by atoms with Crippen molar-refractivity contribution < 1.29 is 0 Å². The molecule has 0 saturated carbocycles. The second-order valence-corrected chi connectivity index (χ2v) is 4.21. The number of hydrogen-bond donors (Lipinski definition) is 0. The van der Waals surface area contributed by atoms with Gasteiger partial charge in [-0.05, 0) is 19.3 Å². The fourth-order valence-electron chi connectivity index (χ4n) is 0. The van der Waals surface area contributed by atoms with Gasteiger partial charge in [-0.2, -0.15) is 0 Å². The highest BCUT2D eigenvalue weighted by molar-refractivity contribution is 4.78. The summed E-state index contributed by atoms with van der Waals surface area (Å²) in [6, 6.07) is 0. The molecule has 0 aromatic heterocycles. The molecule has 9 heavy (non-hydrogen) atoms. The van der Waals surface area contributed by atoms with Crippen molar-refractivity contribution in [2.45, 2.75) is 41.5 Å². The standard InChI is InChI=1S/C5H12.C4H8/c1-5(2,3)4;1-4(2)3/h1-4H3;1H2,2-3H3. The van der Waals surface area contributed by atoms with Crippen LogP contribution in [0.4, 0.5) is 0 Å². The number of hydrogen-bond acceptors (Lipinski definition) is 0. The molecule has 0 radical (unpaired) electrons. The van der Waals surface area contributed by atoms with Gasteiger partial charge in [0.1, 0.15) is 0 Å². The highest BCUT2D eigenvalue weighted by atomic mass is 14.0. The summed E-state index contributed by atoms with van der Waals surface area (Å²) in [4.78, 5) is 0. The van der Waals surface area contributed by atoms with Crippen molar-refractivity contribution in [1.29, 1.82) is 0 Å². The SMILES string of the molecule is C=C(C)C.CC(C)(C)C. The molecule has 0 fully saturated rings. The molecule has 0 bridgehead atoms. The van der Waals surface area contributed by atoms with E-state index in [9.17, 15) is 0 Å². The van der Waals surface area contributed by atoms with E-state index in [4.69, 9.17) is 0 Å². The third kappa shape index (κ3) is 3770.